The second-order valence-corrected chi connectivity index (χ2v) is 8.24. The molecule has 0 aliphatic rings. The quantitative estimate of drug-likeness (QED) is 0.750. The van der Waals surface area contributed by atoms with E-state index in [1.165, 1.54) is 6.26 Å². The summed E-state index contributed by atoms with van der Waals surface area (Å²) in [7, 11) is -1.48. The Kier molecular flexibility index (Phi) is 6.96. The van der Waals surface area contributed by atoms with E-state index in [-0.39, 0.29) is 12.4 Å². The van der Waals surface area contributed by atoms with Crippen molar-refractivity contribution in [3.63, 3.8) is 0 Å². The zero-order chi connectivity index (χ0) is 16.0. The smallest absolute Gasteiger partial charge is 0.175 e. The SMILES string of the molecule is COc1cc(CNC(C)C)cc(Br)c1OCCS(C)(=O)=O. The fourth-order valence-electron chi connectivity index (χ4n) is 1.63. The van der Waals surface area contributed by atoms with Gasteiger partial charge in [-0.2, -0.15) is 0 Å². The molecule has 7 heteroatoms. The topological polar surface area (TPSA) is 64.6 Å². The molecule has 0 heterocycles. The number of ether oxygens (including phenoxy) is 2. The number of rotatable bonds is 8. The van der Waals surface area contributed by atoms with Crippen LogP contribution in [0.15, 0.2) is 16.6 Å². The van der Waals surface area contributed by atoms with E-state index in [0.717, 1.165) is 16.6 Å². The van der Waals surface area contributed by atoms with E-state index in [0.29, 0.717) is 17.5 Å². The molecule has 0 bridgehead atoms. The zero-order valence-electron chi connectivity index (χ0n) is 12.8. The number of sulfone groups is 1. The Morgan fingerprint density at radius 3 is 2.52 bits per heavy atom. The van der Waals surface area contributed by atoms with Crippen LogP contribution >= 0.6 is 15.9 Å². The van der Waals surface area contributed by atoms with Crippen LogP contribution in [0.3, 0.4) is 0 Å². The van der Waals surface area contributed by atoms with Crippen molar-refractivity contribution in [1.29, 1.82) is 0 Å². The molecule has 1 aromatic carbocycles. The molecule has 0 saturated heterocycles. The minimum atomic E-state index is -3.04. The molecule has 0 aliphatic carbocycles. The van der Waals surface area contributed by atoms with Crippen molar-refractivity contribution < 1.29 is 17.9 Å². The minimum absolute atomic E-state index is 0.0285. The standard InChI is InChI=1S/C14H22BrNO4S/c1-10(2)16-9-11-7-12(15)14(13(8-11)19-3)20-5-6-21(4,17)18/h7-8,10,16H,5-6,9H2,1-4H3. The maximum Gasteiger partial charge on any atom is 0.175 e. The molecule has 1 N–H and O–H groups in total. The summed E-state index contributed by atoms with van der Waals surface area (Å²) in [5.74, 6) is 1.08. The molecule has 0 amide bonds. The van der Waals surface area contributed by atoms with Gasteiger partial charge in [0.1, 0.15) is 6.61 Å². The highest BCUT2D eigenvalue weighted by molar-refractivity contribution is 9.10. The Morgan fingerprint density at radius 2 is 2.00 bits per heavy atom. The maximum absolute atomic E-state index is 11.1. The van der Waals surface area contributed by atoms with E-state index in [2.05, 4.69) is 35.1 Å². The molecular weight excluding hydrogens is 358 g/mol. The van der Waals surface area contributed by atoms with Gasteiger partial charge in [-0.1, -0.05) is 13.8 Å². The van der Waals surface area contributed by atoms with Crippen LogP contribution in [0, 0.1) is 0 Å². The summed E-state index contributed by atoms with van der Waals surface area (Å²) in [6.07, 6.45) is 1.18. The molecular formula is C14H22BrNO4S. The van der Waals surface area contributed by atoms with Crippen molar-refractivity contribution in [3.05, 3.63) is 22.2 Å². The lowest BCUT2D eigenvalue weighted by Gasteiger charge is -2.15. The van der Waals surface area contributed by atoms with Gasteiger partial charge in [0.25, 0.3) is 0 Å². The van der Waals surface area contributed by atoms with E-state index in [9.17, 15) is 8.42 Å². The third-order valence-corrected chi connectivity index (χ3v) is 4.20. The molecule has 0 aliphatic heterocycles. The van der Waals surface area contributed by atoms with Crippen molar-refractivity contribution in [2.45, 2.75) is 26.4 Å². The molecule has 0 fully saturated rings. The largest absolute Gasteiger partial charge is 0.493 e. The van der Waals surface area contributed by atoms with E-state index < -0.39 is 9.84 Å². The summed E-state index contributed by atoms with van der Waals surface area (Å²) in [4.78, 5) is 0. The van der Waals surface area contributed by atoms with Gasteiger partial charge in [-0.3, -0.25) is 0 Å². The van der Waals surface area contributed by atoms with Gasteiger partial charge in [-0.15, -0.1) is 0 Å². The lowest BCUT2D eigenvalue weighted by atomic mass is 10.2. The molecule has 0 unspecified atom stereocenters. The van der Waals surface area contributed by atoms with Gasteiger partial charge in [0.2, 0.25) is 0 Å². The first-order valence-electron chi connectivity index (χ1n) is 6.63. The molecule has 0 atom stereocenters. The van der Waals surface area contributed by atoms with Crippen molar-refractivity contribution >= 4 is 25.8 Å². The van der Waals surface area contributed by atoms with Crippen molar-refractivity contribution in [1.82, 2.24) is 5.32 Å². The van der Waals surface area contributed by atoms with E-state index in [1.54, 1.807) is 7.11 Å². The van der Waals surface area contributed by atoms with Gasteiger partial charge in [-0.05, 0) is 33.6 Å². The van der Waals surface area contributed by atoms with Gasteiger partial charge in [0, 0.05) is 18.8 Å². The summed E-state index contributed by atoms with van der Waals surface area (Å²) in [5, 5.41) is 3.33. The molecule has 0 saturated carbocycles. The first-order valence-corrected chi connectivity index (χ1v) is 9.48. The van der Waals surface area contributed by atoms with Crippen molar-refractivity contribution in [3.8, 4) is 11.5 Å². The molecule has 21 heavy (non-hydrogen) atoms. The summed E-state index contributed by atoms with van der Waals surface area (Å²) in [6, 6.07) is 4.21. The van der Waals surface area contributed by atoms with Crippen LogP contribution < -0.4 is 14.8 Å². The maximum atomic E-state index is 11.1. The number of hydrogen-bond acceptors (Lipinski definition) is 5. The van der Waals surface area contributed by atoms with Gasteiger partial charge in [-0.25, -0.2) is 8.42 Å². The fourth-order valence-corrected chi connectivity index (χ4v) is 2.62. The van der Waals surface area contributed by atoms with Crippen LogP contribution in [0.25, 0.3) is 0 Å². The molecule has 1 aromatic rings. The predicted octanol–water partition coefficient (Wildman–Crippen LogP) is 2.38. The van der Waals surface area contributed by atoms with Crippen LogP contribution in [0.2, 0.25) is 0 Å². The van der Waals surface area contributed by atoms with Crippen molar-refractivity contribution in [2.75, 3.05) is 25.7 Å². The molecule has 5 nitrogen and oxygen atoms in total. The Hall–Kier alpha value is -0.790. The van der Waals surface area contributed by atoms with E-state index in [1.807, 2.05) is 12.1 Å². The van der Waals surface area contributed by atoms with Crippen molar-refractivity contribution in [2.24, 2.45) is 0 Å². The van der Waals surface area contributed by atoms with Crippen LogP contribution in [-0.4, -0.2) is 40.2 Å². The normalized spacial score (nSPS) is 11.7. The lowest BCUT2D eigenvalue weighted by Crippen LogP contribution is -2.21. The number of nitrogens with one attached hydrogen (secondary N) is 1. The highest BCUT2D eigenvalue weighted by Crippen LogP contribution is 2.36. The Morgan fingerprint density at radius 1 is 1.33 bits per heavy atom. The second kappa shape index (κ2) is 8.00. The third kappa shape index (κ3) is 6.67. The number of methoxy groups -OCH3 is 1. The molecule has 0 aromatic heterocycles. The minimum Gasteiger partial charge on any atom is -0.493 e. The zero-order valence-corrected chi connectivity index (χ0v) is 15.2. The van der Waals surface area contributed by atoms with Gasteiger partial charge >= 0.3 is 0 Å². The highest BCUT2D eigenvalue weighted by atomic mass is 79.9. The summed E-state index contributed by atoms with van der Waals surface area (Å²) >= 11 is 3.44. The van der Waals surface area contributed by atoms with Gasteiger partial charge in [0.15, 0.2) is 21.3 Å². The molecule has 0 spiro atoms. The second-order valence-electron chi connectivity index (χ2n) is 5.12. The Balaban J connectivity index is 2.84. The third-order valence-electron chi connectivity index (χ3n) is 2.70. The van der Waals surface area contributed by atoms with Gasteiger partial charge in [0.05, 0.1) is 17.3 Å². The monoisotopic (exact) mass is 379 g/mol. The average molecular weight is 380 g/mol. The van der Waals surface area contributed by atoms with Crippen LogP contribution in [0.1, 0.15) is 19.4 Å². The summed E-state index contributed by atoms with van der Waals surface area (Å²) in [6.45, 7) is 4.97. The Bertz CT molecular complexity index is 573. The average Bonchev–Trinajstić information content (AvgIpc) is 2.36. The number of benzene rings is 1. The molecule has 1 rings (SSSR count). The van der Waals surface area contributed by atoms with Crippen LogP contribution in [0.4, 0.5) is 0 Å². The fraction of sp³-hybridized carbons (Fsp3) is 0.571. The molecule has 0 radical (unpaired) electrons. The van der Waals surface area contributed by atoms with Crippen LogP contribution in [-0.2, 0) is 16.4 Å². The van der Waals surface area contributed by atoms with Gasteiger partial charge < -0.3 is 14.8 Å². The predicted molar refractivity (Wildman–Crippen MR) is 87.9 cm³/mol. The lowest BCUT2D eigenvalue weighted by molar-refractivity contribution is 0.309. The summed E-state index contributed by atoms with van der Waals surface area (Å²) < 4.78 is 33.9. The van der Waals surface area contributed by atoms with E-state index in [4.69, 9.17) is 9.47 Å². The van der Waals surface area contributed by atoms with Crippen LogP contribution in [0.5, 0.6) is 11.5 Å². The highest BCUT2D eigenvalue weighted by Gasteiger charge is 2.13. The Labute approximate surface area is 135 Å². The number of halogens is 1. The first kappa shape index (κ1) is 18.3. The summed E-state index contributed by atoms with van der Waals surface area (Å²) in [5.41, 5.74) is 1.06. The first-order chi connectivity index (χ1) is 9.73. The number of hydrogen-bond donors (Lipinski definition) is 1. The van der Waals surface area contributed by atoms with E-state index >= 15 is 0 Å². The molecule has 120 valence electrons.